The fraction of sp³-hybridized carbons (Fsp3) is 0.280. The van der Waals surface area contributed by atoms with Crippen LogP contribution in [0.15, 0.2) is 48.7 Å². The molecular weight excluding hydrogens is 457 g/mol. The molecule has 34 heavy (non-hydrogen) atoms. The van der Waals surface area contributed by atoms with E-state index in [0.717, 1.165) is 38.4 Å². The first-order valence-corrected chi connectivity index (χ1v) is 11.7. The van der Waals surface area contributed by atoms with Gasteiger partial charge in [-0.3, -0.25) is 4.90 Å². The van der Waals surface area contributed by atoms with Gasteiger partial charge in [-0.1, -0.05) is 17.7 Å². The first kappa shape index (κ1) is 22.4. The number of phenols is 1. The number of carbonyl (C=O) groups excluding carboxylic acids is 1. The van der Waals surface area contributed by atoms with Crippen LogP contribution in [0, 0.1) is 5.82 Å². The predicted octanol–water partition coefficient (Wildman–Crippen LogP) is 4.24. The number of halogens is 2. The number of piperazine rings is 1. The maximum absolute atomic E-state index is 14.7. The zero-order valence-corrected chi connectivity index (χ0v) is 19.3. The fourth-order valence-corrected chi connectivity index (χ4v) is 4.73. The summed E-state index contributed by atoms with van der Waals surface area (Å²) < 4.78 is 14.7. The lowest BCUT2D eigenvalue weighted by molar-refractivity contribution is 0.243. The zero-order valence-electron chi connectivity index (χ0n) is 18.5. The Morgan fingerprint density at radius 3 is 2.41 bits per heavy atom. The Bertz CT molecular complexity index is 1230. The molecule has 5 rings (SSSR count). The van der Waals surface area contributed by atoms with Gasteiger partial charge < -0.3 is 20.6 Å². The number of pyridine rings is 1. The quantitative estimate of drug-likeness (QED) is 0.519. The van der Waals surface area contributed by atoms with E-state index in [9.17, 15) is 14.3 Å². The van der Waals surface area contributed by atoms with Crippen LogP contribution >= 0.6 is 11.6 Å². The van der Waals surface area contributed by atoms with Crippen molar-refractivity contribution in [2.75, 3.05) is 49.1 Å². The monoisotopic (exact) mass is 481 g/mol. The van der Waals surface area contributed by atoms with Crippen LogP contribution in [0.3, 0.4) is 0 Å². The first-order chi connectivity index (χ1) is 16.5. The number of benzene rings is 2. The minimum absolute atomic E-state index is 0.0432. The molecule has 7 nitrogen and oxygen atoms in total. The van der Waals surface area contributed by atoms with Crippen LogP contribution < -0.4 is 20.4 Å². The number of aromatic nitrogens is 1. The molecule has 2 fully saturated rings. The maximum atomic E-state index is 14.7. The van der Waals surface area contributed by atoms with Crippen LogP contribution in [0.2, 0.25) is 5.02 Å². The topological polar surface area (TPSA) is 80.7 Å². The molecule has 0 spiro atoms. The van der Waals surface area contributed by atoms with E-state index in [-0.39, 0.29) is 11.8 Å². The highest BCUT2D eigenvalue weighted by Crippen LogP contribution is 2.41. The summed E-state index contributed by atoms with van der Waals surface area (Å²) in [6.45, 7) is 4.61. The molecule has 2 aliphatic heterocycles. The predicted molar refractivity (Wildman–Crippen MR) is 132 cm³/mol. The number of hydrogen-bond donors (Lipinski definition) is 3. The van der Waals surface area contributed by atoms with Crippen molar-refractivity contribution in [1.82, 2.24) is 15.6 Å². The van der Waals surface area contributed by atoms with Gasteiger partial charge in [0.1, 0.15) is 17.4 Å². The molecule has 3 heterocycles. The molecule has 0 atom stereocenters. The average Bonchev–Trinajstić information content (AvgIpc) is 2.86. The second kappa shape index (κ2) is 9.48. The Kier molecular flexibility index (Phi) is 6.26. The fourth-order valence-electron chi connectivity index (χ4n) is 4.44. The van der Waals surface area contributed by atoms with Gasteiger partial charge in [0, 0.05) is 56.6 Å². The van der Waals surface area contributed by atoms with E-state index < -0.39 is 5.82 Å². The van der Waals surface area contributed by atoms with Crippen LogP contribution in [-0.2, 0) is 0 Å². The Hall–Kier alpha value is -3.36. The number of anilines is 2. The highest BCUT2D eigenvalue weighted by atomic mass is 35.5. The van der Waals surface area contributed by atoms with E-state index >= 15 is 0 Å². The SMILES string of the molecule is O=C1NCCCN1c1ccc(-c2cc(F)cc(-c3ccnc(N4CCNCC4)c3)c2O)cc1Cl. The number of nitrogens with one attached hydrogen (secondary N) is 2. The van der Waals surface area contributed by atoms with E-state index in [2.05, 4.69) is 20.5 Å². The summed E-state index contributed by atoms with van der Waals surface area (Å²) in [4.78, 5) is 20.4. The molecule has 2 amide bonds. The third kappa shape index (κ3) is 4.38. The largest absolute Gasteiger partial charge is 0.507 e. The lowest BCUT2D eigenvalue weighted by Gasteiger charge is -2.28. The minimum atomic E-state index is -0.473. The Balaban J connectivity index is 1.51. The number of phenolic OH excluding ortho intramolecular Hbond substituents is 1. The molecule has 9 heteroatoms. The van der Waals surface area contributed by atoms with E-state index in [1.165, 1.54) is 12.1 Å². The first-order valence-electron chi connectivity index (χ1n) is 11.3. The van der Waals surface area contributed by atoms with Gasteiger partial charge in [0.2, 0.25) is 0 Å². The molecule has 3 N–H and O–H groups in total. The Labute approximate surface area is 202 Å². The lowest BCUT2D eigenvalue weighted by atomic mass is 9.97. The molecule has 3 aromatic rings. The molecule has 0 bridgehead atoms. The van der Waals surface area contributed by atoms with Crippen molar-refractivity contribution in [2.24, 2.45) is 0 Å². The van der Waals surface area contributed by atoms with Crippen LogP contribution in [0.25, 0.3) is 22.3 Å². The summed E-state index contributed by atoms with van der Waals surface area (Å²) in [5.41, 5.74) is 2.51. The third-order valence-electron chi connectivity index (χ3n) is 6.20. The van der Waals surface area contributed by atoms with Crippen molar-refractivity contribution in [3.8, 4) is 28.0 Å². The number of carbonyl (C=O) groups is 1. The van der Waals surface area contributed by atoms with E-state index in [1.807, 2.05) is 6.07 Å². The number of aromatic hydroxyl groups is 1. The van der Waals surface area contributed by atoms with Crippen LogP contribution in [-0.4, -0.2) is 55.4 Å². The van der Waals surface area contributed by atoms with Gasteiger partial charge >= 0.3 is 6.03 Å². The van der Waals surface area contributed by atoms with E-state index in [4.69, 9.17) is 11.6 Å². The second-order valence-electron chi connectivity index (χ2n) is 8.39. The van der Waals surface area contributed by atoms with Gasteiger partial charge in [0.15, 0.2) is 0 Å². The van der Waals surface area contributed by atoms with Crippen LogP contribution in [0.1, 0.15) is 6.42 Å². The van der Waals surface area contributed by atoms with Crippen LogP contribution in [0.5, 0.6) is 5.75 Å². The van der Waals surface area contributed by atoms with Crippen molar-refractivity contribution < 1.29 is 14.3 Å². The highest BCUT2D eigenvalue weighted by Gasteiger charge is 2.22. The average molecular weight is 482 g/mol. The van der Waals surface area contributed by atoms with Crippen molar-refractivity contribution in [3.63, 3.8) is 0 Å². The van der Waals surface area contributed by atoms with Gasteiger partial charge in [0.05, 0.1) is 10.7 Å². The molecule has 176 valence electrons. The van der Waals surface area contributed by atoms with Gasteiger partial charge in [-0.25, -0.2) is 14.2 Å². The maximum Gasteiger partial charge on any atom is 0.321 e. The van der Waals surface area contributed by atoms with Crippen LogP contribution in [0.4, 0.5) is 20.7 Å². The highest BCUT2D eigenvalue weighted by molar-refractivity contribution is 6.34. The van der Waals surface area contributed by atoms with Crippen molar-refractivity contribution >= 4 is 29.1 Å². The summed E-state index contributed by atoms with van der Waals surface area (Å²) in [6, 6.07) is 11.1. The van der Waals surface area contributed by atoms with Crippen molar-refractivity contribution in [1.29, 1.82) is 0 Å². The zero-order chi connectivity index (χ0) is 23.7. The molecule has 0 unspecified atom stereocenters. The number of amides is 2. The second-order valence-corrected chi connectivity index (χ2v) is 8.80. The summed E-state index contributed by atoms with van der Waals surface area (Å²) in [5, 5.41) is 17.6. The molecule has 2 saturated heterocycles. The minimum Gasteiger partial charge on any atom is -0.507 e. The summed E-state index contributed by atoms with van der Waals surface area (Å²) >= 11 is 6.52. The Morgan fingerprint density at radius 2 is 1.71 bits per heavy atom. The molecule has 0 aliphatic carbocycles. The molecule has 2 aromatic carbocycles. The normalized spacial score (nSPS) is 16.5. The molecular formula is C25H25ClFN5O2. The Morgan fingerprint density at radius 1 is 0.971 bits per heavy atom. The number of nitrogens with zero attached hydrogens (tertiary/aromatic N) is 3. The van der Waals surface area contributed by atoms with Crippen molar-refractivity contribution in [2.45, 2.75) is 6.42 Å². The van der Waals surface area contributed by atoms with Crippen molar-refractivity contribution in [3.05, 3.63) is 59.5 Å². The molecule has 0 radical (unpaired) electrons. The lowest BCUT2D eigenvalue weighted by Crippen LogP contribution is -2.46. The molecule has 0 saturated carbocycles. The summed E-state index contributed by atoms with van der Waals surface area (Å²) in [6.07, 6.45) is 2.49. The molecule has 1 aromatic heterocycles. The van der Waals surface area contributed by atoms with Gasteiger partial charge in [0.25, 0.3) is 0 Å². The summed E-state index contributed by atoms with van der Waals surface area (Å²) in [7, 11) is 0. The van der Waals surface area contributed by atoms with Gasteiger partial charge in [-0.2, -0.15) is 0 Å². The van der Waals surface area contributed by atoms with Gasteiger partial charge in [-0.15, -0.1) is 0 Å². The third-order valence-corrected chi connectivity index (χ3v) is 6.50. The smallest absolute Gasteiger partial charge is 0.321 e. The number of rotatable bonds is 4. The van der Waals surface area contributed by atoms with E-state index in [1.54, 1.807) is 35.4 Å². The van der Waals surface area contributed by atoms with E-state index in [0.29, 0.717) is 46.1 Å². The van der Waals surface area contributed by atoms with Gasteiger partial charge in [-0.05, 0) is 53.9 Å². The number of hydrogen-bond acceptors (Lipinski definition) is 5. The number of urea groups is 1. The summed E-state index contributed by atoms with van der Waals surface area (Å²) in [5.74, 6) is 0.272. The standard InChI is InChI=1S/C25H25ClFN5O2/c26-21-12-16(2-3-22(21)32-9-1-5-30-25(32)34)19-14-18(27)15-20(24(19)33)17-4-6-29-23(13-17)31-10-7-28-8-11-31/h2-4,6,12-15,28,33H,1,5,7-11H2,(H,30,34). The molecule has 2 aliphatic rings.